The van der Waals surface area contributed by atoms with Crippen LogP contribution in [0.15, 0.2) is 6.20 Å². The van der Waals surface area contributed by atoms with Gasteiger partial charge in [-0.2, -0.15) is 12.6 Å². The van der Waals surface area contributed by atoms with Crippen LogP contribution in [0.25, 0.3) is 12.2 Å². The van der Waals surface area contributed by atoms with E-state index in [1.165, 1.54) is 16.1 Å². The van der Waals surface area contributed by atoms with Crippen molar-refractivity contribution in [3.63, 3.8) is 0 Å². The largest absolute Gasteiger partial charge is 0.361 e. The van der Waals surface area contributed by atoms with Crippen LogP contribution in [0.1, 0.15) is 12.0 Å². The lowest BCUT2D eigenvalue weighted by molar-refractivity contribution is 0.812. The highest BCUT2D eigenvalue weighted by Crippen LogP contribution is 2.10. The Labute approximate surface area is 89.3 Å². The summed E-state index contributed by atoms with van der Waals surface area (Å²) in [4.78, 5) is 3.29. The second kappa shape index (κ2) is 4.24. The number of rotatable bonds is 3. The predicted molar refractivity (Wildman–Crippen MR) is 63.7 cm³/mol. The van der Waals surface area contributed by atoms with Gasteiger partial charge in [-0.15, -0.1) is 0 Å². The zero-order valence-electron chi connectivity index (χ0n) is 8.16. The summed E-state index contributed by atoms with van der Waals surface area (Å²) in [5.74, 6) is 1.50. The lowest BCUT2D eigenvalue weighted by atomic mass is 10.00. The maximum absolute atomic E-state index is 5.57. The minimum Gasteiger partial charge on any atom is -0.361 e. The van der Waals surface area contributed by atoms with Gasteiger partial charge in [0.05, 0.1) is 0 Å². The summed E-state index contributed by atoms with van der Waals surface area (Å²) in [6.07, 6.45) is 8.71. The van der Waals surface area contributed by atoms with E-state index in [0.29, 0.717) is 12.5 Å². The van der Waals surface area contributed by atoms with E-state index in [4.69, 9.17) is 5.73 Å². The predicted octanol–water partition coefficient (Wildman–Crippen LogP) is 0.0266. The minimum atomic E-state index is 0.582. The molecule has 1 aromatic rings. The zero-order chi connectivity index (χ0) is 9.97. The number of H-pyrrole nitrogens is 1. The fourth-order valence-corrected chi connectivity index (χ4v) is 2.18. The quantitative estimate of drug-likeness (QED) is 0.603. The molecule has 1 atom stereocenters. The Balaban J connectivity index is 2.45. The summed E-state index contributed by atoms with van der Waals surface area (Å²) in [5, 5.41) is 2.60. The molecule has 1 unspecified atom stereocenters. The van der Waals surface area contributed by atoms with Crippen molar-refractivity contribution < 1.29 is 0 Å². The van der Waals surface area contributed by atoms with E-state index in [9.17, 15) is 0 Å². The van der Waals surface area contributed by atoms with Crippen LogP contribution in [0.2, 0.25) is 0 Å². The molecular weight excluding hydrogens is 192 g/mol. The molecule has 3 heteroatoms. The molecular formula is C11H16N2S. The van der Waals surface area contributed by atoms with Crippen LogP contribution >= 0.6 is 12.6 Å². The summed E-state index contributed by atoms with van der Waals surface area (Å²) < 4.78 is 0. The van der Waals surface area contributed by atoms with Crippen LogP contribution in [0.3, 0.4) is 0 Å². The normalized spacial score (nSPS) is 19.7. The van der Waals surface area contributed by atoms with E-state index in [1.54, 1.807) is 0 Å². The first-order valence-corrected chi connectivity index (χ1v) is 5.67. The van der Waals surface area contributed by atoms with Crippen molar-refractivity contribution in [3.8, 4) is 0 Å². The first kappa shape index (κ1) is 9.87. The molecule has 0 fully saturated rings. The molecule has 3 N–H and O–H groups in total. The van der Waals surface area contributed by atoms with Crippen LogP contribution in [-0.4, -0.2) is 17.3 Å². The number of nitrogens with one attached hydrogen (secondary N) is 1. The Kier molecular flexibility index (Phi) is 2.99. The minimum absolute atomic E-state index is 0.582. The number of fused-ring (bicyclic) bond motifs is 1. The number of thiol groups is 1. The van der Waals surface area contributed by atoms with Gasteiger partial charge in [-0.25, -0.2) is 0 Å². The molecule has 0 saturated carbocycles. The third-order valence-corrected chi connectivity index (χ3v) is 3.18. The first-order valence-electron chi connectivity index (χ1n) is 5.04. The fraction of sp³-hybridized carbons (Fsp3) is 0.455. The highest BCUT2D eigenvalue weighted by molar-refractivity contribution is 7.80. The van der Waals surface area contributed by atoms with Crippen LogP contribution in [0.4, 0.5) is 0 Å². The Morgan fingerprint density at radius 2 is 2.43 bits per heavy atom. The van der Waals surface area contributed by atoms with Gasteiger partial charge < -0.3 is 10.7 Å². The lowest BCUT2D eigenvalue weighted by Gasteiger charge is -2.09. The van der Waals surface area contributed by atoms with E-state index < -0.39 is 0 Å². The zero-order valence-corrected chi connectivity index (χ0v) is 9.06. The molecule has 0 amide bonds. The van der Waals surface area contributed by atoms with Crippen LogP contribution in [0, 0.1) is 5.92 Å². The molecule has 2 nitrogen and oxygen atoms in total. The highest BCUT2D eigenvalue weighted by atomic mass is 32.1. The monoisotopic (exact) mass is 208 g/mol. The standard InChI is InChI=1S/C11H16N2S/c12-4-3-9-6-13-11-2-1-8(7-14)5-10(9)11/h2,5-6,8,13-14H,1,3-4,7,12H2. The second-order valence-electron chi connectivity index (χ2n) is 3.73. The van der Waals surface area contributed by atoms with Crippen molar-refractivity contribution in [1.82, 2.24) is 4.98 Å². The molecule has 1 aliphatic carbocycles. The molecule has 2 rings (SSSR count). The van der Waals surface area contributed by atoms with Crippen molar-refractivity contribution in [2.24, 2.45) is 11.7 Å². The summed E-state index contributed by atoms with van der Waals surface area (Å²) in [7, 11) is 0. The Morgan fingerprint density at radius 1 is 1.57 bits per heavy atom. The highest BCUT2D eigenvalue weighted by Gasteiger charge is 2.08. The number of hydrogen-bond acceptors (Lipinski definition) is 2. The molecule has 0 radical (unpaired) electrons. The van der Waals surface area contributed by atoms with Gasteiger partial charge in [-0.05, 0) is 41.8 Å². The number of aromatic nitrogens is 1. The van der Waals surface area contributed by atoms with Gasteiger partial charge >= 0.3 is 0 Å². The SMILES string of the molecule is NCCc1c[nH]c2c1=CC(CS)CC=2. The maximum Gasteiger partial charge on any atom is 0.0413 e. The number of hydrogen-bond donors (Lipinski definition) is 3. The number of nitrogens with two attached hydrogens (primary N) is 1. The van der Waals surface area contributed by atoms with Crippen molar-refractivity contribution in [1.29, 1.82) is 0 Å². The van der Waals surface area contributed by atoms with Crippen molar-refractivity contribution >= 4 is 24.8 Å². The van der Waals surface area contributed by atoms with Crippen LogP contribution in [0.5, 0.6) is 0 Å². The molecule has 0 spiro atoms. The average molecular weight is 208 g/mol. The van der Waals surface area contributed by atoms with Gasteiger partial charge in [0.1, 0.15) is 0 Å². The third kappa shape index (κ3) is 1.74. The molecule has 76 valence electrons. The molecule has 0 aliphatic heterocycles. The van der Waals surface area contributed by atoms with E-state index >= 15 is 0 Å². The van der Waals surface area contributed by atoms with Gasteiger partial charge in [0, 0.05) is 11.5 Å². The summed E-state index contributed by atoms with van der Waals surface area (Å²) in [6.45, 7) is 0.712. The fourth-order valence-electron chi connectivity index (χ4n) is 1.92. The van der Waals surface area contributed by atoms with E-state index in [0.717, 1.165) is 18.6 Å². The Bertz CT molecular complexity index is 419. The molecule has 0 aromatic carbocycles. The van der Waals surface area contributed by atoms with E-state index in [2.05, 4.69) is 36.0 Å². The molecule has 0 saturated heterocycles. The first-order chi connectivity index (χ1) is 6.85. The number of aromatic amines is 1. The van der Waals surface area contributed by atoms with Crippen molar-refractivity contribution in [2.75, 3.05) is 12.3 Å². The topological polar surface area (TPSA) is 41.8 Å². The molecule has 0 bridgehead atoms. The molecule has 14 heavy (non-hydrogen) atoms. The van der Waals surface area contributed by atoms with E-state index in [1.807, 2.05) is 0 Å². The smallest absolute Gasteiger partial charge is 0.0413 e. The van der Waals surface area contributed by atoms with Gasteiger partial charge in [0.2, 0.25) is 0 Å². The molecule has 1 heterocycles. The average Bonchev–Trinajstić information content (AvgIpc) is 2.61. The summed E-state index contributed by atoms with van der Waals surface area (Å²) >= 11 is 4.34. The van der Waals surface area contributed by atoms with Gasteiger partial charge in [-0.1, -0.05) is 12.2 Å². The lowest BCUT2D eigenvalue weighted by Crippen LogP contribution is -2.30. The summed E-state index contributed by atoms with van der Waals surface area (Å²) in [5.41, 5.74) is 6.91. The van der Waals surface area contributed by atoms with Gasteiger partial charge in [-0.3, -0.25) is 0 Å². The summed E-state index contributed by atoms with van der Waals surface area (Å²) in [6, 6.07) is 0. The molecule has 1 aliphatic rings. The van der Waals surface area contributed by atoms with Crippen LogP contribution < -0.4 is 16.3 Å². The van der Waals surface area contributed by atoms with Crippen molar-refractivity contribution in [2.45, 2.75) is 12.8 Å². The molecule has 1 aromatic heterocycles. The third-order valence-electron chi connectivity index (χ3n) is 2.71. The maximum atomic E-state index is 5.57. The Hall–Kier alpha value is -0.670. The van der Waals surface area contributed by atoms with E-state index in [-0.39, 0.29) is 0 Å². The van der Waals surface area contributed by atoms with Crippen molar-refractivity contribution in [3.05, 3.63) is 22.3 Å². The second-order valence-corrected chi connectivity index (χ2v) is 4.09. The van der Waals surface area contributed by atoms with Crippen LogP contribution in [-0.2, 0) is 6.42 Å². The Morgan fingerprint density at radius 3 is 3.14 bits per heavy atom. The van der Waals surface area contributed by atoms with Gasteiger partial charge in [0.25, 0.3) is 0 Å². The van der Waals surface area contributed by atoms with Gasteiger partial charge in [0.15, 0.2) is 0 Å².